The molecule has 4 rings (SSSR count). The van der Waals surface area contributed by atoms with Crippen LogP contribution in [0.4, 0.5) is 11.4 Å². The first kappa shape index (κ1) is 38.4. The van der Waals surface area contributed by atoms with Crippen LogP contribution in [0, 0.1) is 0 Å². The van der Waals surface area contributed by atoms with Crippen molar-refractivity contribution < 1.29 is 19.6 Å². The van der Waals surface area contributed by atoms with Crippen molar-refractivity contribution in [2.45, 2.75) is 74.5 Å². The number of benzene rings is 2. The highest BCUT2D eigenvalue weighted by molar-refractivity contribution is 8.01. The summed E-state index contributed by atoms with van der Waals surface area (Å²) in [5.41, 5.74) is 4.25. The summed E-state index contributed by atoms with van der Waals surface area (Å²) < 4.78 is 5.40. The molecule has 0 unspecified atom stereocenters. The number of hydrogen-bond donors (Lipinski definition) is 2. The summed E-state index contributed by atoms with van der Waals surface area (Å²) in [5.74, 6) is 0. The molecule has 2 aromatic carbocycles. The van der Waals surface area contributed by atoms with Crippen molar-refractivity contribution in [2.75, 3.05) is 69.3 Å². The van der Waals surface area contributed by atoms with Gasteiger partial charge in [-0.15, -0.1) is 23.5 Å². The average Bonchev–Trinajstić information content (AvgIpc) is 2.99. The molecule has 0 amide bonds. The lowest BCUT2D eigenvalue weighted by Crippen LogP contribution is -2.51. The molecule has 252 valence electrons. The Hall–Kier alpha value is -2.08. The molecule has 2 saturated heterocycles. The average molecular weight is 669 g/mol. The number of carbonyl (C=O) groups excluding carboxylic acids is 1. The van der Waals surface area contributed by atoms with E-state index in [1.165, 1.54) is 16.1 Å². The van der Waals surface area contributed by atoms with Gasteiger partial charge in [0.1, 0.15) is 0 Å². The minimum absolute atomic E-state index is 0.0708. The molecule has 2 N–H and O–H groups in total. The zero-order valence-corrected chi connectivity index (χ0v) is 31.0. The molecule has 46 heavy (non-hydrogen) atoms. The number of carbonyl (C=O) groups is 1. The van der Waals surface area contributed by atoms with E-state index in [-0.39, 0.29) is 16.5 Å². The molecule has 0 bridgehead atoms. The zero-order chi connectivity index (χ0) is 34.1. The van der Waals surface area contributed by atoms with Crippen LogP contribution >= 0.6 is 23.5 Å². The molecule has 2 aliphatic heterocycles. The maximum atomic E-state index is 11.7. The molecule has 0 aromatic heterocycles. The van der Waals surface area contributed by atoms with E-state index in [2.05, 4.69) is 80.4 Å². The highest BCUT2D eigenvalue weighted by atomic mass is 32.2. The molecule has 0 saturated carbocycles. The lowest BCUT2D eigenvalue weighted by Gasteiger charge is -2.37. The van der Waals surface area contributed by atoms with E-state index >= 15 is 0 Å². The Morgan fingerprint density at radius 3 is 1.43 bits per heavy atom. The third-order valence-corrected chi connectivity index (χ3v) is 10.2. The minimum atomic E-state index is -0.407. The minimum Gasteiger partial charge on any atom is -0.504 e. The van der Waals surface area contributed by atoms with Crippen LogP contribution < -0.4 is 9.80 Å². The Morgan fingerprint density at radius 1 is 0.696 bits per heavy atom. The second kappa shape index (κ2) is 17.4. The zero-order valence-electron chi connectivity index (χ0n) is 29.3. The normalized spacial score (nSPS) is 16.7. The van der Waals surface area contributed by atoms with E-state index in [4.69, 9.17) is 4.74 Å². The lowest BCUT2D eigenvalue weighted by atomic mass is 9.84. The molecular formula is C34H54B2N4O4S2. The number of aldehydes is 1. The topological polar surface area (TPSA) is 79.7 Å². The molecule has 0 aliphatic carbocycles. The smallest absolute Gasteiger partial charge is 0.376 e. The van der Waals surface area contributed by atoms with E-state index in [9.17, 15) is 14.8 Å². The molecule has 0 spiro atoms. The SMILES string of the molecule is CB(O)N1CCN(c2cccc(SC(C)(C)C)c2C=O)CC1.COC=Cc1c(SC(C)(C)C)cccc1N1CCN(B(C)O)CC1. The van der Waals surface area contributed by atoms with Crippen molar-refractivity contribution in [3.8, 4) is 0 Å². The van der Waals surface area contributed by atoms with Crippen molar-refractivity contribution in [1.82, 2.24) is 9.62 Å². The van der Waals surface area contributed by atoms with Gasteiger partial charge in [0.25, 0.3) is 0 Å². The first-order chi connectivity index (χ1) is 21.6. The van der Waals surface area contributed by atoms with E-state index in [0.717, 1.165) is 74.8 Å². The predicted molar refractivity (Wildman–Crippen MR) is 201 cm³/mol. The van der Waals surface area contributed by atoms with Crippen LogP contribution in [0.5, 0.6) is 0 Å². The van der Waals surface area contributed by atoms with Crippen molar-refractivity contribution in [2.24, 2.45) is 0 Å². The predicted octanol–water partition coefficient (Wildman–Crippen LogP) is 6.05. The number of piperazine rings is 2. The molecule has 12 heteroatoms. The van der Waals surface area contributed by atoms with Gasteiger partial charge in [-0.05, 0) is 44.0 Å². The quantitative estimate of drug-likeness (QED) is 0.143. The maximum absolute atomic E-state index is 11.7. The van der Waals surface area contributed by atoms with Crippen LogP contribution in [-0.2, 0) is 4.74 Å². The van der Waals surface area contributed by atoms with Gasteiger partial charge < -0.3 is 34.2 Å². The van der Waals surface area contributed by atoms with Crippen LogP contribution in [0.1, 0.15) is 57.5 Å². The van der Waals surface area contributed by atoms with Gasteiger partial charge in [0.15, 0.2) is 6.29 Å². The van der Waals surface area contributed by atoms with Crippen LogP contribution in [0.2, 0.25) is 13.6 Å². The molecule has 2 fully saturated rings. The first-order valence-electron chi connectivity index (χ1n) is 16.3. The van der Waals surface area contributed by atoms with E-state index in [1.54, 1.807) is 32.0 Å². The second-order valence-electron chi connectivity index (χ2n) is 13.8. The van der Waals surface area contributed by atoms with Crippen LogP contribution in [0.3, 0.4) is 0 Å². The molecule has 8 nitrogen and oxygen atoms in total. The van der Waals surface area contributed by atoms with Crippen molar-refractivity contribution >= 4 is 61.4 Å². The third kappa shape index (κ3) is 11.6. The Balaban J connectivity index is 0.000000251. The van der Waals surface area contributed by atoms with Crippen molar-refractivity contribution in [1.29, 1.82) is 0 Å². The Bertz CT molecular complexity index is 1280. The molecule has 2 aliphatic rings. The first-order valence-corrected chi connectivity index (χ1v) is 17.9. The standard InChI is InChI=1S/C18H29BN2O2S.C16H25BN2O2S/c1-18(2,3)24-17-8-6-7-16(15(17)9-14-23-5)20-10-12-21(13-11-20)19(4)22;1-16(2,3)22-15-7-5-6-14(13(15)12-20)18-8-10-19(11-9-18)17(4)21/h6-9,14,22H,10-13H2,1-5H3;5-7,12,21H,8-11H2,1-4H3. The number of thioether (sulfide) groups is 2. The van der Waals surface area contributed by atoms with Crippen LogP contribution in [-0.4, -0.2) is 109 Å². The fraction of sp³-hybridized carbons (Fsp3) is 0.559. The Morgan fingerprint density at radius 2 is 1.09 bits per heavy atom. The molecule has 2 heterocycles. The van der Waals surface area contributed by atoms with Crippen molar-refractivity contribution in [3.63, 3.8) is 0 Å². The van der Waals surface area contributed by atoms with E-state index < -0.39 is 7.05 Å². The fourth-order valence-electron chi connectivity index (χ4n) is 5.55. The third-order valence-electron chi connectivity index (χ3n) is 7.77. The van der Waals surface area contributed by atoms with Crippen molar-refractivity contribution in [3.05, 3.63) is 53.8 Å². The summed E-state index contributed by atoms with van der Waals surface area (Å²) in [5, 5.41) is 19.4. The number of methoxy groups -OCH3 is 1. The summed E-state index contributed by atoms with van der Waals surface area (Å²) in [6.45, 7) is 23.7. The van der Waals surface area contributed by atoms with E-state index in [1.807, 2.05) is 41.6 Å². The van der Waals surface area contributed by atoms with Gasteiger partial charge in [-0.3, -0.25) is 4.79 Å². The van der Waals surface area contributed by atoms with Gasteiger partial charge in [0.05, 0.1) is 18.9 Å². The highest BCUT2D eigenvalue weighted by Crippen LogP contribution is 2.39. The summed E-state index contributed by atoms with van der Waals surface area (Å²) in [4.78, 5) is 22.8. The summed E-state index contributed by atoms with van der Waals surface area (Å²) in [6, 6.07) is 12.6. The molecule has 0 radical (unpaired) electrons. The fourth-order valence-corrected chi connectivity index (χ4v) is 7.71. The van der Waals surface area contributed by atoms with Crippen LogP contribution in [0.25, 0.3) is 6.08 Å². The number of rotatable bonds is 9. The second-order valence-corrected chi connectivity index (χ2v) is 17.5. The van der Waals surface area contributed by atoms with Gasteiger partial charge in [-0.25, -0.2) is 0 Å². The summed E-state index contributed by atoms with van der Waals surface area (Å²) in [6.07, 6.45) is 4.78. The van der Waals surface area contributed by atoms with E-state index in [0.29, 0.717) is 0 Å². The molecular weight excluding hydrogens is 614 g/mol. The number of nitrogens with zero attached hydrogens (tertiary/aromatic N) is 4. The Kier molecular flexibility index (Phi) is 14.5. The number of hydrogen-bond acceptors (Lipinski definition) is 10. The van der Waals surface area contributed by atoms with Gasteiger partial charge in [-0.1, -0.05) is 53.7 Å². The number of ether oxygens (including phenoxy) is 1. The Labute approximate surface area is 287 Å². The maximum Gasteiger partial charge on any atom is 0.376 e. The van der Waals surface area contributed by atoms with Gasteiger partial charge in [-0.2, -0.15) is 0 Å². The lowest BCUT2D eigenvalue weighted by molar-refractivity contribution is 0.112. The number of anilines is 2. The monoisotopic (exact) mass is 668 g/mol. The summed E-state index contributed by atoms with van der Waals surface area (Å²) >= 11 is 3.60. The molecule has 0 atom stereocenters. The largest absolute Gasteiger partial charge is 0.504 e. The highest BCUT2D eigenvalue weighted by Gasteiger charge is 2.26. The summed E-state index contributed by atoms with van der Waals surface area (Å²) in [7, 11) is 0.898. The van der Waals surface area contributed by atoms with Gasteiger partial charge in [0, 0.05) is 88.6 Å². The van der Waals surface area contributed by atoms with Gasteiger partial charge >= 0.3 is 14.1 Å². The van der Waals surface area contributed by atoms with Crippen LogP contribution in [0.15, 0.2) is 52.5 Å². The molecule has 2 aromatic rings. The van der Waals surface area contributed by atoms with Gasteiger partial charge in [0.2, 0.25) is 0 Å².